The molecule has 0 unspecified atom stereocenters. The van der Waals surface area contributed by atoms with Gasteiger partial charge in [-0.3, -0.25) is 0 Å². The first-order valence-corrected chi connectivity index (χ1v) is 5.03. The minimum absolute atomic E-state index is 0.271. The smallest absolute Gasteiger partial charge is 0.101 e. The minimum Gasteiger partial charge on any atom is -0.236 e. The fourth-order valence-electron chi connectivity index (χ4n) is 0.979. The van der Waals surface area contributed by atoms with Gasteiger partial charge in [-0.1, -0.05) is 17.7 Å². The van der Waals surface area contributed by atoms with Gasteiger partial charge < -0.3 is 0 Å². The highest BCUT2D eigenvalue weighted by Gasteiger charge is 2.17. The van der Waals surface area contributed by atoms with E-state index in [1.165, 1.54) is 5.57 Å². The predicted molar refractivity (Wildman–Crippen MR) is 60.0 cm³/mol. The molecule has 0 aliphatic carbocycles. The molecule has 0 saturated carbocycles. The van der Waals surface area contributed by atoms with Crippen LogP contribution in [0.5, 0.6) is 0 Å². The summed E-state index contributed by atoms with van der Waals surface area (Å²) < 4.78 is 0. The number of allylic oxidation sites excluding steroid dienone is 1. The van der Waals surface area contributed by atoms with Crippen molar-refractivity contribution in [3.05, 3.63) is 24.3 Å². The van der Waals surface area contributed by atoms with Gasteiger partial charge in [0, 0.05) is 0 Å². The molecular weight excluding hydrogens is 176 g/mol. The Morgan fingerprint density at radius 3 is 2.50 bits per heavy atom. The lowest BCUT2D eigenvalue weighted by Gasteiger charge is -2.21. The zero-order chi connectivity index (χ0) is 11.0. The molecule has 0 heterocycles. The number of hydrogen-bond donors (Lipinski definition) is 0. The Balaban J connectivity index is 3.53. The molecule has 82 valence electrons. The third-order valence-corrected chi connectivity index (χ3v) is 1.67. The second kappa shape index (κ2) is 6.80. The van der Waals surface area contributed by atoms with Gasteiger partial charge >= 0.3 is 0 Å². The second-order valence-electron chi connectivity index (χ2n) is 4.23. The SMILES string of the molecule is C=CCC(C)(C)OOCCC=C(C)C. The average molecular weight is 198 g/mol. The summed E-state index contributed by atoms with van der Waals surface area (Å²) in [6.07, 6.45) is 5.64. The maximum absolute atomic E-state index is 5.25. The van der Waals surface area contributed by atoms with Crippen molar-refractivity contribution in [1.29, 1.82) is 0 Å². The van der Waals surface area contributed by atoms with Crippen molar-refractivity contribution in [3.8, 4) is 0 Å². The topological polar surface area (TPSA) is 18.5 Å². The van der Waals surface area contributed by atoms with Crippen molar-refractivity contribution in [3.63, 3.8) is 0 Å². The molecule has 0 atom stereocenters. The van der Waals surface area contributed by atoms with Gasteiger partial charge in [0.25, 0.3) is 0 Å². The lowest BCUT2D eigenvalue weighted by atomic mass is 10.1. The molecular formula is C12H22O2. The first-order chi connectivity index (χ1) is 6.48. The normalized spacial score (nSPS) is 11.1. The zero-order valence-electron chi connectivity index (χ0n) is 9.80. The van der Waals surface area contributed by atoms with Crippen molar-refractivity contribution in [2.75, 3.05) is 6.61 Å². The molecule has 0 saturated heterocycles. The molecule has 0 rings (SSSR count). The van der Waals surface area contributed by atoms with Crippen LogP contribution in [0.2, 0.25) is 0 Å². The van der Waals surface area contributed by atoms with Gasteiger partial charge in [-0.2, -0.15) is 0 Å². The molecule has 0 aliphatic heterocycles. The Morgan fingerprint density at radius 1 is 1.36 bits per heavy atom. The van der Waals surface area contributed by atoms with Gasteiger partial charge in [0.05, 0.1) is 6.61 Å². The van der Waals surface area contributed by atoms with Gasteiger partial charge in [-0.05, 0) is 40.5 Å². The fraction of sp³-hybridized carbons (Fsp3) is 0.667. The maximum atomic E-state index is 5.25. The van der Waals surface area contributed by atoms with E-state index in [1.54, 1.807) is 0 Å². The predicted octanol–water partition coefficient (Wildman–Crippen LogP) is 3.65. The molecule has 14 heavy (non-hydrogen) atoms. The van der Waals surface area contributed by atoms with Gasteiger partial charge in [0.15, 0.2) is 0 Å². The highest BCUT2D eigenvalue weighted by atomic mass is 17.2. The van der Waals surface area contributed by atoms with E-state index in [2.05, 4.69) is 26.5 Å². The molecule has 0 fully saturated rings. The van der Waals surface area contributed by atoms with E-state index < -0.39 is 0 Å². The Morgan fingerprint density at radius 2 is 2.00 bits per heavy atom. The van der Waals surface area contributed by atoms with E-state index in [-0.39, 0.29) is 5.60 Å². The molecule has 0 bridgehead atoms. The first kappa shape index (κ1) is 13.4. The van der Waals surface area contributed by atoms with Crippen LogP contribution in [0.4, 0.5) is 0 Å². The number of rotatable bonds is 7. The van der Waals surface area contributed by atoms with E-state index in [1.807, 2.05) is 19.9 Å². The Labute approximate surface area is 87.5 Å². The van der Waals surface area contributed by atoms with Crippen LogP contribution >= 0.6 is 0 Å². The van der Waals surface area contributed by atoms with Gasteiger partial charge in [-0.15, -0.1) is 6.58 Å². The van der Waals surface area contributed by atoms with Gasteiger partial charge in [0.1, 0.15) is 5.60 Å². The lowest BCUT2D eigenvalue weighted by molar-refractivity contribution is -0.351. The molecule has 0 aliphatic rings. The van der Waals surface area contributed by atoms with E-state index in [0.29, 0.717) is 6.61 Å². The van der Waals surface area contributed by atoms with Crippen molar-refractivity contribution >= 4 is 0 Å². The molecule has 0 aromatic heterocycles. The largest absolute Gasteiger partial charge is 0.236 e. The summed E-state index contributed by atoms with van der Waals surface area (Å²) in [7, 11) is 0. The fourth-order valence-corrected chi connectivity index (χ4v) is 0.979. The Hall–Kier alpha value is -0.600. The quantitative estimate of drug-likeness (QED) is 0.269. The van der Waals surface area contributed by atoms with Crippen molar-refractivity contribution in [2.45, 2.75) is 46.1 Å². The van der Waals surface area contributed by atoms with Crippen LogP contribution in [0.25, 0.3) is 0 Å². The molecule has 2 heteroatoms. The van der Waals surface area contributed by atoms with Crippen LogP contribution in [0, 0.1) is 0 Å². The molecule has 0 N–H and O–H groups in total. The third kappa shape index (κ3) is 8.02. The average Bonchev–Trinajstić information content (AvgIpc) is 2.02. The lowest BCUT2D eigenvalue weighted by Crippen LogP contribution is -2.23. The summed E-state index contributed by atoms with van der Waals surface area (Å²) in [4.78, 5) is 10.4. The Kier molecular flexibility index (Phi) is 6.50. The molecule has 0 aromatic rings. The highest BCUT2D eigenvalue weighted by Crippen LogP contribution is 2.14. The summed E-state index contributed by atoms with van der Waals surface area (Å²) in [6.45, 7) is 12.4. The van der Waals surface area contributed by atoms with E-state index in [4.69, 9.17) is 9.78 Å². The zero-order valence-corrected chi connectivity index (χ0v) is 9.80. The summed E-state index contributed by atoms with van der Waals surface area (Å²) >= 11 is 0. The van der Waals surface area contributed by atoms with Crippen LogP contribution in [0.15, 0.2) is 24.3 Å². The Bertz CT molecular complexity index is 188. The standard InChI is InChI=1S/C12H22O2/c1-6-9-12(4,5)14-13-10-7-8-11(2)3/h6,8H,1,7,9-10H2,2-5H3. The van der Waals surface area contributed by atoms with Crippen molar-refractivity contribution < 1.29 is 9.78 Å². The minimum atomic E-state index is -0.271. The maximum Gasteiger partial charge on any atom is 0.101 e. The molecule has 0 aromatic carbocycles. The van der Waals surface area contributed by atoms with Crippen molar-refractivity contribution in [1.82, 2.24) is 0 Å². The van der Waals surface area contributed by atoms with Crippen molar-refractivity contribution in [2.24, 2.45) is 0 Å². The summed E-state index contributed by atoms with van der Waals surface area (Å²) in [5.41, 5.74) is 1.03. The van der Waals surface area contributed by atoms with E-state index in [0.717, 1.165) is 12.8 Å². The molecule has 0 amide bonds. The summed E-state index contributed by atoms with van der Waals surface area (Å²) in [5, 5.41) is 0. The summed E-state index contributed by atoms with van der Waals surface area (Å²) in [6, 6.07) is 0. The molecule has 0 radical (unpaired) electrons. The van der Waals surface area contributed by atoms with Gasteiger partial charge in [0.2, 0.25) is 0 Å². The van der Waals surface area contributed by atoms with E-state index in [9.17, 15) is 0 Å². The molecule has 2 nitrogen and oxygen atoms in total. The molecule has 0 spiro atoms. The third-order valence-electron chi connectivity index (χ3n) is 1.67. The number of hydrogen-bond acceptors (Lipinski definition) is 2. The van der Waals surface area contributed by atoms with Crippen LogP contribution < -0.4 is 0 Å². The van der Waals surface area contributed by atoms with Crippen LogP contribution in [-0.4, -0.2) is 12.2 Å². The van der Waals surface area contributed by atoms with Crippen LogP contribution in [0.3, 0.4) is 0 Å². The monoisotopic (exact) mass is 198 g/mol. The second-order valence-corrected chi connectivity index (χ2v) is 4.23. The van der Waals surface area contributed by atoms with E-state index >= 15 is 0 Å². The first-order valence-electron chi connectivity index (χ1n) is 5.03. The van der Waals surface area contributed by atoms with Gasteiger partial charge in [-0.25, -0.2) is 9.78 Å². The van der Waals surface area contributed by atoms with Crippen LogP contribution in [0.1, 0.15) is 40.5 Å². The summed E-state index contributed by atoms with van der Waals surface area (Å²) in [5.74, 6) is 0. The highest BCUT2D eigenvalue weighted by molar-refractivity contribution is 4.92. The van der Waals surface area contributed by atoms with Crippen LogP contribution in [-0.2, 0) is 9.78 Å².